The van der Waals surface area contributed by atoms with E-state index in [9.17, 15) is 13.6 Å². The summed E-state index contributed by atoms with van der Waals surface area (Å²) >= 11 is 0. The molecule has 6 heteroatoms. The molecule has 1 amide bonds. The Labute approximate surface area is 124 Å². The SMILES string of the molecule is CCNCc1cc(F)c(N(CC(N)=O)CC(C)C)c(F)c1. The van der Waals surface area contributed by atoms with Crippen molar-refractivity contribution >= 4 is 11.6 Å². The Hall–Kier alpha value is -1.69. The molecule has 1 aromatic carbocycles. The average molecular weight is 299 g/mol. The van der Waals surface area contributed by atoms with Gasteiger partial charge in [0.2, 0.25) is 5.91 Å². The second-order valence-corrected chi connectivity index (χ2v) is 5.43. The summed E-state index contributed by atoms with van der Waals surface area (Å²) in [5, 5.41) is 3.01. The van der Waals surface area contributed by atoms with Crippen molar-refractivity contribution < 1.29 is 13.6 Å². The highest BCUT2D eigenvalue weighted by Gasteiger charge is 2.20. The largest absolute Gasteiger partial charge is 0.368 e. The van der Waals surface area contributed by atoms with Gasteiger partial charge in [-0.1, -0.05) is 20.8 Å². The zero-order valence-corrected chi connectivity index (χ0v) is 12.7. The molecule has 3 N–H and O–H groups in total. The summed E-state index contributed by atoms with van der Waals surface area (Å²) < 4.78 is 28.5. The third kappa shape index (κ3) is 5.30. The van der Waals surface area contributed by atoms with E-state index in [1.54, 1.807) is 0 Å². The number of hydrogen-bond acceptors (Lipinski definition) is 3. The molecule has 0 atom stereocenters. The van der Waals surface area contributed by atoms with Gasteiger partial charge in [-0.3, -0.25) is 4.79 Å². The number of carbonyl (C=O) groups excluding carboxylic acids is 1. The van der Waals surface area contributed by atoms with Gasteiger partial charge in [0, 0.05) is 13.1 Å². The van der Waals surface area contributed by atoms with Crippen molar-refractivity contribution in [2.24, 2.45) is 11.7 Å². The molecule has 0 aliphatic heterocycles. The van der Waals surface area contributed by atoms with E-state index < -0.39 is 17.5 Å². The van der Waals surface area contributed by atoms with Crippen LogP contribution in [0.3, 0.4) is 0 Å². The maximum atomic E-state index is 14.2. The van der Waals surface area contributed by atoms with E-state index in [0.29, 0.717) is 25.2 Å². The number of anilines is 1. The van der Waals surface area contributed by atoms with E-state index in [-0.39, 0.29) is 18.2 Å². The second-order valence-electron chi connectivity index (χ2n) is 5.43. The predicted molar refractivity (Wildman–Crippen MR) is 80.0 cm³/mol. The van der Waals surface area contributed by atoms with E-state index in [1.807, 2.05) is 20.8 Å². The summed E-state index contributed by atoms with van der Waals surface area (Å²) in [6.07, 6.45) is 0. The van der Waals surface area contributed by atoms with Crippen molar-refractivity contribution in [1.29, 1.82) is 0 Å². The van der Waals surface area contributed by atoms with Gasteiger partial charge < -0.3 is 16.0 Å². The molecule has 4 nitrogen and oxygen atoms in total. The molecule has 0 spiro atoms. The Morgan fingerprint density at radius 1 is 1.33 bits per heavy atom. The topological polar surface area (TPSA) is 58.4 Å². The van der Waals surface area contributed by atoms with Gasteiger partial charge in [-0.25, -0.2) is 8.78 Å². The van der Waals surface area contributed by atoms with Crippen LogP contribution in [0.1, 0.15) is 26.3 Å². The lowest BCUT2D eigenvalue weighted by Crippen LogP contribution is -2.37. The van der Waals surface area contributed by atoms with Crippen LogP contribution in [0.25, 0.3) is 0 Å². The van der Waals surface area contributed by atoms with Crippen molar-refractivity contribution in [2.45, 2.75) is 27.3 Å². The molecule has 21 heavy (non-hydrogen) atoms. The van der Waals surface area contributed by atoms with Crippen LogP contribution in [-0.2, 0) is 11.3 Å². The van der Waals surface area contributed by atoms with E-state index in [1.165, 1.54) is 17.0 Å². The lowest BCUT2D eigenvalue weighted by atomic mass is 10.1. The lowest BCUT2D eigenvalue weighted by molar-refractivity contribution is -0.116. The highest BCUT2D eigenvalue weighted by atomic mass is 19.1. The Balaban J connectivity index is 3.09. The number of nitrogens with one attached hydrogen (secondary N) is 1. The van der Waals surface area contributed by atoms with Gasteiger partial charge in [-0.2, -0.15) is 0 Å². The number of nitrogens with zero attached hydrogens (tertiary/aromatic N) is 1. The van der Waals surface area contributed by atoms with Gasteiger partial charge in [0.25, 0.3) is 0 Å². The van der Waals surface area contributed by atoms with Gasteiger partial charge in [0.05, 0.1) is 6.54 Å². The van der Waals surface area contributed by atoms with Crippen molar-refractivity contribution in [3.05, 3.63) is 29.3 Å². The van der Waals surface area contributed by atoms with Gasteiger partial charge in [0.1, 0.15) is 17.3 Å². The van der Waals surface area contributed by atoms with Crippen LogP contribution in [0.5, 0.6) is 0 Å². The third-order valence-electron chi connectivity index (χ3n) is 2.90. The number of carbonyl (C=O) groups is 1. The molecule has 0 heterocycles. The number of rotatable bonds is 8. The summed E-state index contributed by atoms with van der Waals surface area (Å²) in [7, 11) is 0. The highest BCUT2D eigenvalue weighted by Crippen LogP contribution is 2.25. The standard InChI is InChI=1S/C15H23F2N3O/c1-4-19-7-11-5-12(16)15(13(17)6-11)20(8-10(2)3)9-14(18)21/h5-6,10,19H,4,7-9H2,1-3H3,(H2,18,21). The molecule has 0 unspecified atom stereocenters. The fourth-order valence-corrected chi connectivity index (χ4v) is 2.16. The monoisotopic (exact) mass is 299 g/mol. The van der Waals surface area contributed by atoms with Crippen molar-refractivity contribution in [1.82, 2.24) is 5.32 Å². The maximum absolute atomic E-state index is 14.2. The molecule has 0 fully saturated rings. The molecule has 0 radical (unpaired) electrons. The minimum atomic E-state index is -0.676. The maximum Gasteiger partial charge on any atom is 0.236 e. The van der Waals surface area contributed by atoms with E-state index in [4.69, 9.17) is 5.73 Å². The number of halogens is 2. The summed E-state index contributed by atoms with van der Waals surface area (Å²) in [6, 6.07) is 2.57. The molecule has 0 saturated carbocycles. The molecule has 1 rings (SSSR count). The first-order chi connectivity index (χ1) is 9.85. The van der Waals surface area contributed by atoms with Gasteiger partial charge in [-0.15, -0.1) is 0 Å². The van der Waals surface area contributed by atoms with Gasteiger partial charge >= 0.3 is 0 Å². The first-order valence-electron chi connectivity index (χ1n) is 7.07. The normalized spacial score (nSPS) is 11.0. The van der Waals surface area contributed by atoms with Gasteiger partial charge in [-0.05, 0) is 30.2 Å². The molecule has 0 aromatic heterocycles. The summed E-state index contributed by atoms with van der Waals surface area (Å²) in [5.74, 6) is -1.83. The third-order valence-corrected chi connectivity index (χ3v) is 2.90. The Kier molecular flexibility index (Phi) is 6.55. The Bertz CT molecular complexity index is 469. The Morgan fingerprint density at radius 2 is 1.90 bits per heavy atom. The minimum absolute atomic E-state index is 0.143. The first-order valence-corrected chi connectivity index (χ1v) is 7.07. The van der Waals surface area contributed by atoms with Crippen LogP contribution in [-0.4, -0.2) is 25.5 Å². The van der Waals surface area contributed by atoms with Crippen LogP contribution < -0.4 is 16.0 Å². The second kappa shape index (κ2) is 7.93. The molecule has 0 bridgehead atoms. The smallest absolute Gasteiger partial charge is 0.236 e. The molecule has 1 aromatic rings. The zero-order chi connectivity index (χ0) is 16.0. The summed E-state index contributed by atoms with van der Waals surface area (Å²) in [6.45, 7) is 6.98. The molecule has 118 valence electrons. The zero-order valence-electron chi connectivity index (χ0n) is 12.7. The molecule has 0 aliphatic rings. The van der Waals surface area contributed by atoms with E-state index >= 15 is 0 Å². The fourth-order valence-electron chi connectivity index (χ4n) is 2.16. The number of hydrogen-bond donors (Lipinski definition) is 2. The molecular weight excluding hydrogens is 276 g/mol. The quantitative estimate of drug-likeness (QED) is 0.772. The number of amides is 1. The van der Waals surface area contributed by atoms with Gasteiger partial charge in [0.15, 0.2) is 0 Å². The number of nitrogens with two attached hydrogens (primary N) is 1. The van der Waals surface area contributed by atoms with Crippen LogP contribution in [0.4, 0.5) is 14.5 Å². The van der Waals surface area contributed by atoms with Crippen LogP contribution >= 0.6 is 0 Å². The number of benzene rings is 1. The first kappa shape index (κ1) is 17.4. The minimum Gasteiger partial charge on any atom is -0.368 e. The van der Waals surface area contributed by atoms with Crippen molar-refractivity contribution in [3.63, 3.8) is 0 Å². The highest BCUT2D eigenvalue weighted by molar-refractivity contribution is 5.79. The molecular formula is C15H23F2N3O. The van der Waals surface area contributed by atoms with Crippen molar-refractivity contribution in [2.75, 3.05) is 24.5 Å². The Morgan fingerprint density at radius 3 is 2.33 bits per heavy atom. The lowest BCUT2D eigenvalue weighted by Gasteiger charge is -2.26. The van der Waals surface area contributed by atoms with Crippen LogP contribution in [0.2, 0.25) is 0 Å². The average Bonchev–Trinajstić information content (AvgIpc) is 2.33. The fraction of sp³-hybridized carbons (Fsp3) is 0.533. The van der Waals surface area contributed by atoms with Crippen molar-refractivity contribution in [3.8, 4) is 0 Å². The molecule has 0 saturated heterocycles. The van der Waals surface area contributed by atoms with E-state index in [2.05, 4.69) is 5.32 Å². The number of primary amides is 1. The van der Waals surface area contributed by atoms with E-state index in [0.717, 1.165) is 0 Å². The van der Waals surface area contributed by atoms with Crippen LogP contribution in [0.15, 0.2) is 12.1 Å². The molecule has 0 aliphatic carbocycles. The summed E-state index contributed by atoms with van der Waals surface area (Å²) in [5.41, 5.74) is 5.50. The predicted octanol–water partition coefficient (Wildman–Crippen LogP) is 2.02. The summed E-state index contributed by atoms with van der Waals surface area (Å²) in [4.78, 5) is 12.5. The van der Waals surface area contributed by atoms with Crippen LogP contribution in [0, 0.1) is 17.6 Å².